The number of anilines is 1. The molecule has 0 saturated heterocycles. The number of hydrogen-bond acceptors (Lipinski definition) is 3. The van der Waals surface area contributed by atoms with Crippen LogP contribution in [-0.2, 0) is 7.05 Å². The van der Waals surface area contributed by atoms with Crippen LogP contribution in [0.15, 0.2) is 18.2 Å². The van der Waals surface area contributed by atoms with Gasteiger partial charge < -0.3 is 10.8 Å². The van der Waals surface area contributed by atoms with Crippen LogP contribution in [0.2, 0.25) is 0 Å². The number of aromatic carboxylic acids is 1. The fourth-order valence-corrected chi connectivity index (χ4v) is 1.97. The molecule has 0 atom stereocenters. The number of nitrogen functional groups attached to an aromatic ring is 1. The lowest BCUT2D eigenvalue weighted by Gasteiger charge is -2.07. The summed E-state index contributed by atoms with van der Waals surface area (Å²) in [5.74, 6) is -0.389. The fraction of sp³-hybridized carbons (Fsp3) is 0.231. The van der Waals surface area contributed by atoms with Gasteiger partial charge in [-0.05, 0) is 31.0 Å². The number of nitrogens with two attached hydrogens (primary N) is 1. The summed E-state index contributed by atoms with van der Waals surface area (Å²) in [4.78, 5) is 11.1. The van der Waals surface area contributed by atoms with Gasteiger partial charge in [0.25, 0.3) is 0 Å². The SMILES string of the molecule is Cc1cc(C)c(-c2cc(N)n(C)n2)cc1C(=O)O. The van der Waals surface area contributed by atoms with Crippen molar-refractivity contribution in [1.29, 1.82) is 0 Å². The lowest BCUT2D eigenvalue weighted by atomic mass is 9.98. The van der Waals surface area contributed by atoms with Gasteiger partial charge in [-0.1, -0.05) is 6.07 Å². The minimum atomic E-state index is -0.933. The summed E-state index contributed by atoms with van der Waals surface area (Å²) < 4.78 is 1.56. The normalized spacial score (nSPS) is 10.6. The topological polar surface area (TPSA) is 81.1 Å². The van der Waals surface area contributed by atoms with Gasteiger partial charge in [-0.25, -0.2) is 4.79 Å². The summed E-state index contributed by atoms with van der Waals surface area (Å²) >= 11 is 0. The molecule has 2 rings (SSSR count). The van der Waals surface area contributed by atoms with Crippen LogP contribution in [0.5, 0.6) is 0 Å². The second-order valence-corrected chi connectivity index (χ2v) is 4.37. The maximum Gasteiger partial charge on any atom is 0.335 e. The molecule has 0 spiro atoms. The van der Waals surface area contributed by atoms with Gasteiger partial charge in [0, 0.05) is 18.7 Å². The molecule has 94 valence electrons. The van der Waals surface area contributed by atoms with Crippen LogP contribution in [0.1, 0.15) is 21.5 Å². The van der Waals surface area contributed by atoms with E-state index in [4.69, 9.17) is 10.8 Å². The van der Waals surface area contributed by atoms with Crippen molar-refractivity contribution in [2.75, 3.05) is 5.73 Å². The molecule has 18 heavy (non-hydrogen) atoms. The van der Waals surface area contributed by atoms with Gasteiger partial charge in [0.15, 0.2) is 0 Å². The first-order valence-corrected chi connectivity index (χ1v) is 5.54. The number of aryl methyl sites for hydroxylation is 3. The van der Waals surface area contributed by atoms with E-state index >= 15 is 0 Å². The number of aromatic nitrogens is 2. The summed E-state index contributed by atoms with van der Waals surface area (Å²) in [5, 5.41) is 13.4. The molecule has 1 aromatic heterocycles. The monoisotopic (exact) mass is 245 g/mol. The number of nitrogens with zero attached hydrogens (tertiary/aromatic N) is 2. The molecule has 0 aliphatic heterocycles. The summed E-state index contributed by atoms with van der Waals surface area (Å²) in [6, 6.07) is 5.24. The van der Waals surface area contributed by atoms with Crippen molar-refractivity contribution < 1.29 is 9.90 Å². The molecular weight excluding hydrogens is 230 g/mol. The minimum absolute atomic E-state index is 0.292. The molecule has 0 amide bonds. The first kappa shape index (κ1) is 12.2. The average molecular weight is 245 g/mol. The zero-order valence-corrected chi connectivity index (χ0v) is 10.6. The van der Waals surface area contributed by atoms with Crippen molar-refractivity contribution in [3.8, 4) is 11.3 Å². The van der Waals surface area contributed by atoms with Gasteiger partial charge in [0.1, 0.15) is 5.82 Å². The van der Waals surface area contributed by atoms with Gasteiger partial charge in [0.05, 0.1) is 11.3 Å². The first-order valence-electron chi connectivity index (χ1n) is 5.54. The maximum absolute atomic E-state index is 11.1. The quantitative estimate of drug-likeness (QED) is 0.847. The van der Waals surface area contributed by atoms with Crippen LogP contribution in [-0.4, -0.2) is 20.9 Å². The number of benzene rings is 1. The summed E-state index contributed by atoms with van der Waals surface area (Å²) in [5.41, 5.74) is 9.24. The second-order valence-electron chi connectivity index (χ2n) is 4.37. The largest absolute Gasteiger partial charge is 0.478 e. The van der Waals surface area contributed by atoms with E-state index in [1.54, 1.807) is 30.8 Å². The lowest BCUT2D eigenvalue weighted by Crippen LogP contribution is -2.01. The molecule has 0 bridgehead atoms. The second kappa shape index (κ2) is 4.18. The van der Waals surface area contributed by atoms with Crippen LogP contribution >= 0.6 is 0 Å². The number of carboxylic acid groups (broad SMARTS) is 1. The number of carbonyl (C=O) groups is 1. The third-order valence-electron chi connectivity index (χ3n) is 2.99. The van der Waals surface area contributed by atoms with Crippen molar-refractivity contribution in [2.24, 2.45) is 7.05 Å². The van der Waals surface area contributed by atoms with Crippen molar-refractivity contribution in [3.05, 3.63) is 34.9 Å². The molecule has 0 saturated carbocycles. The molecule has 1 heterocycles. The molecule has 0 aliphatic carbocycles. The van der Waals surface area contributed by atoms with Gasteiger partial charge in [-0.2, -0.15) is 5.10 Å². The number of hydrogen-bond donors (Lipinski definition) is 2. The Kier molecular flexibility index (Phi) is 2.82. The standard InChI is InChI=1S/C13H15N3O2/c1-7-4-8(2)10(13(17)18)5-9(7)11-6-12(14)16(3)15-11/h4-6H,14H2,1-3H3,(H,17,18). The highest BCUT2D eigenvalue weighted by molar-refractivity contribution is 5.91. The maximum atomic E-state index is 11.1. The third kappa shape index (κ3) is 1.95. The lowest BCUT2D eigenvalue weighted by molar-refractivity contribution is 0.0696. The molecule has 0 radical (unpaired) electrons. The fourth-order valence-electron chi connectivity index (χ4n) is 1.97. The molecule has 0 aliphatic rings. The van der Waals surface area contributed by atoms with E-state index in [1.165, 1.54) is 0 Å². The zero-order chi connectivity index (χ0) is 13.4. The van der Waals surface area contributed by atoms with Crippen LogP contribution in [0.25, 0.3) is 11.3 Å². The van der Waals surface area contributed by atoms with Crippen molar-refractivity contribution in [1.82, 2.24) is 9.78 Å². The molecule has 5 heteroatoms. The molecule has 2 aromatic rings. The Morgan fingerprint density at radius 3 is 2.44 bits per heavy atom. The Morgan fingerprint density at radius 1 is 1.28 bits per heavy atom. The Morgan fingerprint density at radius 2 is 1.94 bits per heavy atom. The number of rotatable bonds is 2. The van der Waals surface area contributed by atoms with E-state index < -0.39 is 5.97 Å². The van der Waals surface area contributed by atoms with Crippen molar-refractivity contribution in [3.63, 3.8) is 0 Å². The van der Waals surface area contributed by atoms with Crippen LogP contribution in [0, 0.1) is 13.8 Å². The molecule has 5 nitrogen and oxygen atoms in total. The predicted octanol–water partition coefficient (Wildman–Crippen LogP) is 1.98. The van der Waals surface area contributed by atoms with Gasteiger partial charge in [-0.3, -0.25) is 4.68 Å². The molecule has 0 unspecified atom stereocenters. The van der Waals surface area contributed by atoms with Crippen LogP contribution in [0.3, 0.4) is 0 Å². The Labute approximate surface area is 105 Å². The van der Waals surface area contributed by atoms with Gasteiger partial charge >= 0.3 is 5.97 Å². The smallest absolute Gasteiger partial charge is 0.335 e. The summed E-state index contributed by atoms with van der Waals surface area (Å²) in [7, 11) is 1.75. The predicted molar refractivity (Wildman–Crippen MR) is 69.5 cm³/mol. The highest BCUT2D eigenvalue weighted by atomic mass is 16.4. The van der Waals surface area contributed by atoms with E-state index in [0.29, 0.717) is 17.1 Å². The number of carboxylic acids is 1. The van der Waals surface area contributed by atoms with E-state index in [0.717, 1.165) is 16.7 Å². The van der Waals surface area contributed by atoms with Gasteiger partial charge in [0.2, 0.25) is 0 Å². The zero-order valence-electron chi connectivity index (χ0n) is 10.6. The molecule has 3 N–H and O–H groups in total. The highest BCUT2D eigenvalue weighted by Crippen LogP contribution is 2.26. The first-order chi connectivity index (χ1) is 8.40. The Bertz CT molecular complexity index is 610. The van der Waals surface area contributed by atoms with E-state index in [2.05, 4.69) is 5.10 Å². The minimum Gasteiger partial charge on any atom is -0.478 e. The molecule has 1 aromatic carbocycles. The Hall–Kier alpha value is -2.30. The van der Waals surface area contributed by atoms with Crippen molar-refractivity contribution in [2.45, 2.75) is 13.8 Å². The summed E-state index contributed by atoms with van der Waals surface area (Å²) in [6.45, 7) is 3.71. The molecular formula is C13H15N3O2. The van der Waals surface area contributed by atoms with Gasteiger partial charge in [-0.15, -0.1) is 0 Å². The highest BCUT2D eigenvalue weighted by Gasteiger charge is 2.14. The van der Waals surface area contributed by atoms with E-state index in [-0.39, 0.29) is 0 Å². The molecule has 0 fully saturated rings. The summed E-state index contributed by atoms with van der Waals surface area (Å²) in [6.07, 6.45) is 0. The van der Waals surface area contributed by atoms with Crippen molar-refractivity contribution >= 4 is 11.8 Å². The average Bonchev–Trinajstić information content (AvgIpc) is 2.58. The van der Waals surface area contributed by atoms with E-state index in [9.17, 15) is 4.79 Å². The third-order valence-corrected chi connectivity index (χ3v) is 2.99. The van der Waals surface area contributed by atoms with Crippen LogP contribution in [0.4, 0.5) is 5.82 Å². The van der Waals surface area contributed by atoms with Crippen LogP contribution < -0.4 is 5.73 Å². The Balaban J connectivity index is 2.64. The van der Waals surface area contributed by atoms with E-state index in [1.807, 2.05) is 13.0 Å².